The summed E-state index contributed by atoms with van der Waals surface area (Å²) >= 11 is 0. The summed E-state index contributed by atoms with van der Waals surface area (Å²) in [7, 11) is -4.40. The van der Waals surface area contributed by atoms with Crippen LogP contribution in [0.3, 0.4) is 0 Å². The van der Waals surface area contributed by atoms with Crippen LogP contribution in [0.5, 0.6) is 0 Å². The van der Waals surface area contributed by atoms with Gasteiger partial charge in [-0.3, -0.25) is 13.8 Å². The average Bonchev–Trinajstić information content (AvgIpc) is 2.97. The van der Waals surface area contributed by atoms with E-state index in [-0.39, 0.29) is 13.2 Å². The lowest BCUT2D eigenvalue weighted by atomic mass is 10.0. The van der Waals surface area contributed by atoms with Gasteiger partial charge in [-0.25, -0.2) is 4.57 Å². The molecule has 0 bridgehead atoms. The number of rotatable bonds is 31. The molecule has 0 aliphatic rings. The van der Waals surface area contributed by atoms with Gasteiger partial charge in [-0.05, 0) is 31.1 Å². The highest BCUT2D eigenvalue weighted by Gasteiger charge is 2.28. The zero-order valence-electron chi connectivity index (χ0n) is 28.6. The Morgan fingerprint density at radius 1 is 0.750 bits per heavy atom. The van der Waals surface area contributed by atoms with Crippen LogP contribution < -0.4 is 11.1 Å². The number of allylic oxidation sites excluding steroid dienone is 1. The molecule has 0 radical (unpaired) electrons. The molecular weight excluding hydrogens is 579 g/mol. The minimum atomic E-state index is -4.40. The molecule has 10 heteroatoms. The third-order valence-electron chi connectivity index (χ3n) is 7.83. The summed E-state index contributed by atoms with van der Waals surface area (Å²) in [5.74, 6) is 0.907. The molecule has 0 saturated carbocycles. The number of aliphatic hydroxyl groups is 2. The van der Waals surface area contributed by atoms with E-state index in [1.807, 2.05) is 6.08 Å². The Morgan fingerprint density at radius 2 is 1.20 bits per heavy atom. The fraction of sp³-hybridized carbons (Fsp3) is 0.912. The fourth-order valence-electron chi connectivity index (χ4n) is 5.03. The van der Waals surface area contributed by atoms with Crippen molar-refractivity contribution in [2.24, 2.45) is 17.6 Å². The van der Waals surface area contributed by atoms with Gasteiger partial charge < -0.3 is 26.2 Å². The lowest BCUT2D eigenvalue weighted by Gasteiger charge is -2.24. The molecule has 0 spiro atoms. The van der Waals surface area contributed by atoms with E-state index in [0.717, 1.165) is 56.8 Å². The van der Waals surface area contributed by atoms with Gasteiger partial charge in [0.15, 0.2) is 0 Å². The minimum Gasteiger partial charge on any atom is -0.387 e. The fourth-order valence-corrected chi connectivity index (χ4v) is 5.79. The van der Waals surface area contributed by atoms with Gasteiger partial charge in [-0.15, -0.1) is 0 Å². The molecule has 0 heterocycles. The van der Waals surface area contributed by atoms with Crippen molar-refractivity contribution >= 4 is 13.7 Å². The normalized spacial score (nSPS) is 15.6. The summed E-state index contributed by atoms with van der Waals surface area (Å²) in [4.78, 5) is 22.6. The summed E-state index contributed by atoms with van der Waals surface area (Å²) < 4.78 is 21.9. The quantitative estimate of drug-likeness (QED) is 0.0293. The Labute approximate surface area is 269 Å². The summed E-state index contributed by atoms with van der Waals surface area (Å²) in [6.45, 7) is 8.46. The van der Waals surface area contributed by atoms with Crippen LogP contribution in [0.2, 0.25) is 0 Å². The monoisotopic (exact) mass is 648 g/mol. The average molecular weight is 649 g/mol. The first kappa shape index (κ1) is 43.2. The SMILES string of the molecule is CC(C)CCCCCCCCC/C=C/[C@@H](O)[C@H](COP(=O)(O)OCCN)NC(=O)[C@H](O)CCCCCCCCCCC(C)C. The topological polar surface area (TPSA) is 151 Å². The molecule has 262 valence electrons. The number of carbonyl (C=O) groups excluding carboxylic acids is 1. The van der Waals surface area contributed by atoms with Gasteiger partial charge in [-0.1, -0.05) is 143 Å². The molecule has 0 aromatic carbocycles. The number of hydrogen-bond acceptors (Lipinski definition) is 7. The number of phosphoric ester groups is 1. The molecule has 1 unspecified atom stereocenters. The van der Waals surface area contributed by atoms with Crippen molar-refractivity contribution in [1.29, 1.82) is 0 Å². The first-order valence-electron chi connectivity index (χ1n) is 17.6. The highest BCUT2D eigenvalue weighted by molar-refractivity contribution is 7.47. The number of aliphatic hydroxyl groups excluding tert-OH is 2. The number of hydrogen-bond donors (Lipinski definition) is 5. The number of nitrogens with two attached hydrogens (primary N) is 1. The highest BCUT2D eigenvalue weighted by Crippen LogP contribution is 2.43. The van der Waals surface area contributed by atoms with Crippen LogP contribution in [-0.2, 0) is 18.4 Å². The summed E-state index contributed by atoms with van der Waals surface area (Å²) in [5, 5.41) is 23.8. The molecule has 4 atom stereocenters. The molecule has 0 aliphatic heterocycles. The van der Waals surface area contributed by atoms with Gasteiger partial charge in [0.05, 0.1) is 25.4 Å². The zero-order valence-corrected chi connectivity index (χ0v) is 29.5. The maximum absolute atomic E-state index is 12.7. The van der Waals surface area contributed by atoms with Crippen molar-refractivity contribution in [3.05, 3.63) is 12.2 Å². The Morgan fingerprint density at radius 3 is 1.68 bits per heavy atom. The number of phosphoric acid groups is 1. The van der Waals surface area contributed by atoms with Crippen LogP contribution in [0, 0.1) is 11.8 Å². The van der Waals surface area contributed by atoms with Crippen LogP contribution in [0.4, 0.5) is 0 Å². The van der Waals surface area contributed by atoms with Crippen molar-refractivity contribution in [3.8, 4) is 0 Å². The molecule has 0 aromatic heterocycles. The smallest absolute Gasteiger partial charge is 0.387 e. The Kier molecular flexibility index (Phi) is 27.9. The maximum Gasteiger partial charge on any atom is 0.472 e. The van der Waals surface area contributed by atoms with E-state index in [9.17, 15) is 24.5 Å². The number of nitrogens with one attached hydrogen (secondary N) is 1. The van der Waals surface area contributed by atoms with E-state index in [4.69, 9.17) is 14.8 Å². The van der Waals surface area contributed by atoms with Crippen molar-refractivity contribution in [2.45, 2.75) is 168 Å². The predicted molar refractivity (Wildman–Crippen MR) is 181 cm³/mol. The van der Waals surface area contributed by atoms with E-state index in [1.54, 1.807) is 6.08 Å². The van der Waals surface area contributed by atoms with Gasteiger partial charge in [0.1, 0.15) is 6.10 Å². The summed E-state index contributed by atoms with van der Waals surface area (Å²) in [5.41, 5.74) is 5.33. The van der Waals surface area contributed by atoms with Crippen LogP contribution >= 0.6 is 7.82 Å². The summed E-state index contributed by atoms with van der Waals surface area (Å²) in [6.07, 6.45) is 22.1. The van der Waals surface area contributed by atoms with Gasteiger partial charge in [-0.2, -0.15) is 0 Å². The van der Waals surface area contributed by atoms with Crippen LogP contribution in [-0.4, -0.2) is 59.0 Å². The first-order valence-corrected chi connectivity index (χ1v) is 19.1. The van der Waals surface area contributed by atoms with Crippen LogP contribution in [0.25, 0.3) is 0 Å². The van der Waals surface area contributed by atoms with E-state index in [1.165, 1.54) is 70.6 Å². The minimum absolute atomic E-state index is 0.0437. The second kappa shape index (κ2) is 28.4. The number of carbonyl (C=O) groups is 1. The summed E-state index contributed by atoms with van der Waals surface area (Å²) in [6, 6.07) is -1.03. The molecule has 1 amide bonds. The van der Waals surface area contributed by atoms with E-state index in [0.29, 0.717) is 6.42 Å². The maximum atomic E-state index is 12.7. The van der Waals surface area contributed by atoms with E-state index < -0.39 is 38.6 Å². The molecular formula is C34H69N2O7P. The second-order valence-electron chi connectivity index (χ2n) is 13.2. The largest absolute Gasteiger partial charge is 0.472 e. The van der Waals surface area contributed by atoms with Crippen molar-refractivity contribution in [2.75, 3.05) is 19.8 Å². The Hall–Kier alpha value is -0.800. The van der Waals surface area contributed by atoms with Gasteiger partial charge in [0, 0.05) is 6.54 Å². The molecule has 0 rings (SSSR count). The van der Waals surface area contributed by atoms with Crippen LogP contribution in [0.15, 0.2) is 12.2 Å². The first-order chi connectivity index (χ1) is 21.0. The van der Waals surface area contributed by atoms with E-state index in [2.05, 4.69) is 33.0 Å². The van der Waals surface area contributed by atoms with E-state index >= 15 is 0 Å². The molecule has 6 N–H and O–H groups in total. The van der Waals surface area contributed by atoms with Gasteiger partial charge in [0.25, 0.3) is 0 Å². The number of amides is 1. The number of unbranched alkanes of at least 4 members (excludes halogenated alkanes) is 14. The molecule has 0 fully saturated rings. The van der Waals surface area contributed by atoms with Crippen molar-refractivity contribution in [1.82, 2.24) is 5.32 Å². The Bertz CT molecular complexity index is 751. The third-order valence-corrected chi connectivity index (χ3v) is 8.81. The highest BCUT2D eigenvalue weighted by atomic mass is 31.2. The van der Waals surface area contributed by atoms with Crippen molar-refractivity contribution in [3.63, 3.8) is 0 Å². The van der Waals surface area contributed by atoms with Gasteiger partial charge in [0.2, 0.25) is 5.91 Å². The Balaban J connectivity index is 4.54. The molecule has 0 saturated heterocycles. The molecule has 9 nitrogen and oxygen atoms in total. The lowest BCUT2D eigenvalue weighted by Crippen LogP contribution is -2.49. The second-order valence-corrected chi connectivity index (χ2v) is 14.6. The molecule has 44 heavy (non-hydrogen) atoms. The zero-order chi connectivity index (χ0) is 33.1. The standard InChI is InChI=1S/C34H69N2O7P/c1-29(2)22-18-14-10-6-5-7-12-16-20-24-32(37)31(28-43-44(40,41)42-27-26-35)36-34(39)33(38)25-21-17-13-9-8-11-15-19-23-30(3)4/h20,24,29-33,37-38H,5-19,21-23,25-28,35H2,1-4H3,(H,36,39)(H,40,41)/b24-20+/t31-,32+,33+/m0/s1. The molecule has 0 aromatic rings. The van der Waals surface area contributed by atoms with Gasteiger partial charge >= 0.3 is 7.82 Å². The predicted octanol–water partition coefficient (Wildman–Crippen LogP) is 7.57. The lowest BCUT2D eigenvalue weighted by molar-refractivity contribution is -0.131. The van der Waals surface area contributed by atoms with Crippen molar-refractivity contribution < 1.29 is 33.5 Å². The third kappa shape index (κ3) is 27.5. The van der Waals surface area contributed by atoms with Crippen LogP contribution in [0.1, 0.15) is 150 Å². The molecule has 0 aliphatic carbocycles.